The summed E-state index contributed by atoms with van der Waals surface area (Å²) in [6.45, 7) is 1.79. The molecule has 1 aliphatic rings. The monoisotopic (exact) mass is 287 g/mol. The molecule has 6 heteroatoms. The second-order valence-electron chi connectivity index (χ2n) is 5.05. The molecule has 1 fully saturated rings. The Morgan fingerprint density at radius 1 is 1.47 bits per heavy atom. The van der Waals surface area contributed by atoms with E-state index in [1.54, 1.807) is 6.92 Å². The standard InChI is InChI=1S/C13H18FNO3S/c1-9(12-5-4-11(16)7-13(12)14)15-10-3-2-6-19(17,18)8-10/h4-5,7,9-10,15-16H,2-3,6,8H2,1H3. The third-order valence-corrected chi connectivity index (χ3v) is 5.22. The van der Waals surface area contributed by atoms with Crippen molar-refractivity contribution in [3.63, 3.8) is 0 Å². The van der Waals surface area contributed by atoms with Gasteiger partial charge >= 0.3 is 0 Å². The Morgan fingerprint density at radius 2 is 2.21 bits per heavy atom. The molecule has 1 aromatic carbocycles. The van der Waals surface area contributed by atoms with Crippen molar-refractivity contribution in [2.24, 2.45) is 0 Å². The lowest BCUT2D eigenvalue weighted by Gasteiger charge is -2.27. The van der Waals surface area contributed by atoms with E-state index in [-0.39, 0.29) is 29.3 Å². The Morgan fingerprint density at radius 3 is 2.84 bits per heavy atom. The maximum absolute atomic E-state index is 13.7. The second kappa shape index (κ2) is 5.46. The Bertz CT molecular complexity index is 559. The minimum atomic E-state index is -2.97. The minimum Gasteiger partial charge on any atom is -0.508 e. The smallest absolute Gasteiger partial charge is 0.151 e. The average Bonchev–Trinajstić information content (AvgIpc) is 2.27. The van der Waals surface area contributed by atoms with E-state index in [4.69, 9.17) is 5.11 Å². The molecule has 19 heavy (non-hydrogen) atoms. The normalized spacial score (nSPS) is 24.0. The van der Waals surface area contributed by atoms with Crippen molar-refractivity contribution >= 4 is 9.84 Å². The fraction of sp³-hybridized carbons (Fsp3) is 0.538. The summed E-state index contributed by atoms with van der Waals surface area (Å²) in [4.78, 5) is 0. The van der Waals surface area contributed by atoms with Crippen LogP contribution < -0.4 is 5.32 Å². The van der Waals surface area contributed by atoms with Gasteiger partial charge in [0, 0.05) is 23.7 Å². The lowest BCUT2D eigenvalue weighted by Crippen LogP contribution is -2.41. The van der Waals surface area contributed by atoms with Crippen LogP contribution >= 0.6 is 0 Å². The zero-order chi connectivity index (χ0) is 14.0. The minimum absolute atomic E-state index is 0.108. The molecule has 1 saturated heterocycles. The lowest BCUT2D eigenvalue weighted by atomic mass is 10.1. The highest BCUT2D eigenvalue weighted by molar-refractivity contribution is 7.91. The van der Waals surface area contributed by atoms with Crippen LogP contribution in [0.25, 0.3) is 0 Å². The Kier molecular flexibility index (Phi) is 4.10. The maximum Gasteiger partial charge on any atom is 0.151 e. The van der Waals surface area contributed by atoms with E-state index in [1.807, 2.05) is 0 Å². The molecule has 1 aromatic rings. The van der Waals surface area contributed by atoms with E-state index in [1.165, 1.54) is 12.1 Å². The summed E-state index contributed by atoms with van der Waals surface area (Å²) in [7, 11) is -2.97. The van der Waals surface area contributed by atoms with Gasteiger partial charge in [0.2, 0.25) is 0 Å². The number of nitrogens with one attached hydrogen (secondary N) is 1. The summed E-state index contributed by atoms with van der Waals surface area (Å²) in [6.07, 6.45) is 1.42. The molecule has 106 valence electrons. The summed E-state index contributed by atoms with van der Waals surface area (Å²) in [5, 5.41) is 12.3. The van der Waals surface area contributed by atoms with Gasteiger partial charge in [-0.1, -0.05) is 6.07 Å². The van der Waals surface area contributed by atoms with Crippen molar-refractivity contribution in [2.45, 2.75) is 31.8 Å². The van der Waals surface area contributed by atoms with Crippen LogP contribution in [0.2, 0.25) is 0 Å². The molecule has 0 amide bonds. The summed E-state index contributed by atoms with van der Waals surface area (Å²) < 4.78 is 36.8. The van der Waals surface area contributed by atoms with Crippen molar-refractivity contribution in [1.82, 2.24) is 5.32 Å². The Balaban J connectivity index is 2.06. The van der Waals surface area contributed by atoms with Gasteiger partial charge in [-0.15, -0.1) is 0 Å². The molecular weight excluding hydrogens is 269 g/mol. The van der Waals surface area contributed by atoms with E-state index < -0.39 is 15.7 Å². The van der Waals surface area contributed by atoms with Gasteiger partial charge in [0.25, 0.3) is 0 Å². The average molecular weight is 287 g/mol. The molecule has 0 saturated carbocycles. The first-order chi connectivity index (χ1) is 8.87. The highest BCUT2D eigenvalue weighted by Gasteiger charge is 2.26. The van der Waals surface area contributed by atoms with Gasteiger partial charge in [0.1, 0.15) is 11.6 Å². The molecule has 0 aliphatic carbocycles. The number of halogens is 1. The van der Waals surface area contributed by atoms with E-state index in [9.17, 15) is 12.8 Å². The van der Waals surface area contributed by atoms with Gasteiger partial charge in [-0.05, 0) is 25.8 Å². The second-order valence-corrected chi connectivity index (χ2v) is 7.28. The number of hydrogen-bond acceptors (Lipinski definition) is 4. The number of rotatable bonds is 3. The summed E-state index contributed by atoms with van der Waals surface area (Å²) in [5.74, 6) is -0.253. The van der Waals surface area contributed by atoms with Crippen LogP contribution in [0.3, 0.4) is 0 Å². The number of phenols is 1. The number of benzene rings is 1. The molecular formula is C13H18FNO3S. The van der Waals surface area contributed by atoms with Crippen LogP contribution in [0.15, 0.2) is 18.2 Å². The van der Waals surface area contributed by atoms with Gasteiger partial charge in [-0.3, -0.25) is 0 Å². The van der Waals surface area contributed by atoms with Gasteiger partial charge < -0.3 is 10.4 Å². The number of aromatic hydroxyl groups is 1. The van der Waals surface area contributed by atoms with Crippen LogP contribution in [0.1, 0.15) is 31.4 Å². The molecule has 2 unspecified atom stereocenters. The summed E-state index contributed by atoms with van der Waals surface area (Å²) in [5.41, 5.74) is 0.431. The van der Waals surface area contributed by atoms with E-state index in [0.29, 0.717) is 12.0 Å². The fourth-order valence-electron chi connectivity index (χ4n) is 2.46. The fourth-order valence-corrected chi connectivity index (χ4v) is 4.11. The third kappa shape index (κ3) is 3.67. The number of sulfone groups is 1. The first-order valence-corrected chi connectivity index (χ1v) is 8.14. The molecule has 0 aromatic heterocycles. The Hall–Kier alpha value is -1.14. The van der Waals surface area contributed by atoms with Crippen molar-refractivity contribution in [3.8, 4) is 5.75 Å². The van der Waals surface area contributed by atoms with Crippen LogP contribution in [0, 0.1) is 5.82 Å². The van der Waals surface area contributed by atoms with E-state index in [0.717, 1.165) is 12.5 Å². The van der Waals surface area contributed by atoms with Gasteiger partial charge in [-0.25, -0.2) is 12.8 Å². The highest BCUT2D eigenvalue weighted by Crippen LogP contribution is 2.23. The van der Waals surface area contributed by atoms with Crippen LogP contribution in [0.4, 0.5) is 4.39 Å². The Labute approximate surface area is 112 Å². The van der Waals surface area contributed by atoms with Gasteiger partial charge in [0.15, 0.2) is 9.84 Å². The SMILES string of the molecule is CC(NC1CCCS(=O)(=O)C1)c1ccc(O)cc1F. The molecule has 1 aliphatic heterocycles. The molecule has 2 atom stereocenters. The van der Waals surface area contributed by atoms with E-state index in [2.05, 4.69) is 5.32 Å². The van der Waals surface area contributed by atoms with E-state index >= 15 is 0 Å². The maximum atomic E-state index is 13.7. The quantitative estimate of drug-likeness (QED) is 0.889. The molecule has 0 radical (unpaired) electrons. The first-order valence-electron chi connectivity index (χ1n) is 6.32. The van der Waals surface area contributed by atoms with Crippen molar-refractivity contribution in [1.29, 1.82) is 0 Å². The topological polar surface area (TPSA) is 66.4 Å². The largest absolute Gasteiger partial charge is 0.508 e. The van der Waals surface area contributed by atoms with Crippen LogP contribution in [-0.2, 0) is 9.84 Å². The molecule has 2 rings (SSSR count). The molecule has 4 nitrogen and oxygen atoms in total. The first kappa shape index (κ1) is 14.3. The van der Waals surface area contributed by atoms with Crippen LogP contribution in [0.5, 0.6) is 5.75 Å². The van der Waals surface area contributed by atoms with Crippen LogP contribution in [-0.4, -0.2) is 31.1 Å². The zero-order valence-corrected chi connectivity index (χ0v) is 11.6. The van der Waals surface area contributed by atoms with Crippen molar-refractivity contribution in [3.05, 3.63) is 29.6 Å². The third-order valence-electron chi connectivity index (χ3n) is 3.40. The van der Waals surface area contributed by atoms with Crippen molar-refractivity contribution < 1.29 is 17.9 Å². The predicted octanol–water partition coefficient (Wildman–Crippen LogP) is 1.76. The predicted molar refractivity (Wildman–Crippen MR) is 71.3 cm³/mol. The summed E-state index contributed by atoms with van der Waals surface area (Å²) in [6, 6.07) is 3.57. The molecule has 0 spiro atoms. The number of hydrogen-bond donors (Lipinski definition) is 2. The highest BCUT2D eigenvalue weighted by atomic mass is 32.2. The van der Waals surface area contributed by atoms with Gasteiger partial charge in [0.05, 0.1) is 11.5 Å². The number of phenolic OH excluding ortho intramolecular Hbond substituents is 1. The van der Waals surface area contributed by atoms with Crippen molar-refractivity contribution in [2.75, 3.05) is 11.5 Å². The van der Waals surface area contributed by atoms with Gasteiger partial charge in [-0.2, -0.15) is 0 Å². The summed E-state index contributed by atoms with van der Waals surface area (Å²) >= 11 is 0. The molecule has 1 heterocycles. The molecule has 0 bridgehead atoms. The lowest BCUT2D eigenvalue weighted by molar-refractivity contribution is 0.425. The molecule has 2 N–H and O–H groups in total. The zero-order valence-electron chi connectivity index (χ0n) is 10.8.